The van der Waals surface area contributed by atoms with Gasteiger partial charge in [0.05, 0.1) is 0 Å². The van der Waals surface area contributed by atoms with Gasteiger partial charge in [0.2, 0.25) is 0 Å². The van der Waals surface area contributed by atoms with Crippen molar-refractivity contribution in [3.63, 3.8) is 0 Å². The highest BCUT2D eigenvalue weighted by atomic mass is 14.2. The van der Waals surface area contributed by atoms with E-state index >= 15 is 0 Å². The second kappa shape index (κ2) is 4.32. The minimum absolute atomic E-state index is 1.31. The Balaban J connectivity index is 2.10. The van der Waals surface area contributed by atoms with Crippen LogP contribution in [-0.4, -0.2) is 0 Å². The molecule has 0 saturated carbocycles. The maximum Gasteiger partial charge on any atom is -0.00264 e. The summed E-state index contributed by atoms with van der Waals surface area (Å²) in [6.45, 7) is 0. The monoisotopic (exact) mass is 278 g/mol. The second-order valence-corrected chi connectivity index (χ2v) is 5.80. The lowest BCUT2D eigenvalue weighted by molar-refractivity contribution is 1.62. The molecule has 0 unspecified atom stereocenters. The predicted octanol–water partition coefficient (Wildman–Crippen LogP) is 6.15. The van der Waals surface area contributed by atoms with Crippen LogP contribution < -0.4 is 0 Å². The minimum atomic E-state index is 1.31. The maximum atomic E-state index is 2.25. The molecule has 22 heavy (non-hydrogen) atoms. The summed E-state index contributed by atoms with van der Waals surface area (Å²) in [5.74, 6) is 0. The molecule has 0 saturated heterocycles. The summed E-state index contributed by atoms with van der Waals surface area (Å²) < 4.78 is 0. The van der Waals surface area contributed by atoms with Gasteiger partial charge in [-0.3, -0.25) is 0 Å². The van der Waals surface area contributed by atoms with Gasteiger partial charge >= 0.3 is 0 Å². The fraction of sp³-hybridized carbons (Fsp3) is 0. The highest BCUT2D eigenvalue weighted by Crippen LogP contribution is 2.46. The van der Waals surface area contributed by atoms with Crippen LogP contribution in [0.5, 0.6) is 0 Å². The first-order valence-electron chi connectivity index (χ1n) is 7.64. The zero-order valence-corrected chi connectivity index (χ0v) is 12.1. The van der Waals surface area contributed by atoms with Gasteiger partial charge in [-0.15, -0.1) is 0 Å². The SMILES string of the molecule is c1ccc2c(c1)-c1ccccc1-c1cccc3cccc-2c13. The van der Waals surface area contributed by atoms with E-state index in [9.17, 15) is 0 Å². The second-order valence-electron chi connectivity index (χ2n) is 5.80. The summed E-state index contributed by atoms with van der Waals surface area (Å²) in [6.07, 6.45) is 0. The van der Waals surface area contributed by atoms with Crippen LogP contribution in [-0.2, 0) is 0 Å². The van der Waals surface area contributed by atoms with Gasteiger partial charge < -0.3 is 0 Å². The molecule has 0 bridgehead atoms. The fourth-order valence-corrected chi connectivity index (χ4v) is 3.70. The molecule has 0 amide bonds. The van der Waals surface area contributed by atoms with Crippen LogP contribution >= 0.6 is 0 Å². The molecule has 0 nitrogen and oxygen atoms in total. The first-order valence-corrected chi connectivity index (χ1v) is 7.64. The molecule has 102 valence electrons. The molecule has 5 rings (SSSR count). The van der Waals surface area contributed by atoms with Crippen LogP contribution in [0.4, 0.5) is 0 Å². The molecular formula is C22H14. The van der Waals surface area contributed by atoms with Crippen molar-refractivity contribution in [3.8, 4) is 33.4 Å². The quantitative estimate of drug-likeness (QED) is 0.318. The van der Waals surface area contributed by atoms with Crippen LogP contribution in [0.2, 0.25) is 0 Å². The fourth-order valence-electron chi connectivity index (χ4n) is 3.70. The lowest BCUT2D eigenvalue weighted by Crippen LogP contribution is -1.83. The van der Waals surface area contributed by atoms with Crippen molar-refractivity contribution in [2.45, 2.75) is 0 Å². The lowest BCUT2D eigenvalue weighted by atomic mass is 9.94. The van der Waals surface area contributed by atoms with Crippen LogP contribution in [0.3, 0.4) is 0 Å². The average Bonchev–Trinajstić information content (AvgIpc) is 2.72. The molecule has 1 aliphatic carbocycles. The van der Waals surface area contributed by atoms with E-state index in [4.69, 9.17) is 0 Å². The molecule has 4 aromatic rings. The van der Waals surface area contributed by atoms with Gasteiger partial charge in [0.1, 0.15) is 0 Å². The predicted molar refractivity (Wildman–Crippen MR) is 93.8 cm³/mol. The first kappa shape index (κ1) is 11.8. The normalized spacial score (nSPS) is 11.6. The van der Waals surface area contributed by atoms with E-state index in [1.807, 2.05) is 0 Å². The standard InChI is InChI=1S/C22H14/c1-3-11-18-16(9-1)17-10-2-4-12-19(17)21-14-6-8-15-7-5-13-20(18)22(15)21/h1-14H. The summed E-state index contributed by atoms with van der Waals surface area (Å²) in [5.41, 5.74) is 7.96. The summed E-state index contributed by atoms with van der Waals surface area (Å²) in [6, 6.07) is 30.7. The van der Waals surface area contributed by atoms with E-state index < -0.39 is 0 Å². The van der Waals surface area contributed by atoms with Gasteiger partial charge in [0.15, 0.2) is 0 Å². The molecule has 0 spiro atoms. The lowest BCUT2D eigenvalue weighted by Gasteiger charge is -2.09. The Labute approximate surface area is 129 Å². The third-order valence-corrected chi connectivity index (χ3v) is 4.63. The Morgan fingerprint density at radius 2 is 0.682 bits per heavy atom. The molecule has 1 aliphatic rings. The van der Waals surface area contributed by atoms with Crippen LogP contribution in [0.1, 0.15) is 0 Å². The van der Waals surface area contributed by atoms with Crippen molar-refractivity contribution in [2.75, 3.05) is 0 Å². The van der Waals surface area contributed by atoms with Crippen molar-refractivity contribution < 1.29 is 0 Å². The summed E-state index contributed by atoms with van der Waals surface area (Å²) in [7, 11) is 0. The van der Waals surface area contributed by atoms with Gasteiger partial charge in [-0.2, -0.15) is 0 Å². The third-order valence-electron chi connectivity index (χ3n) is 4.63. The van der Waals surface area contributed by atoms with Gasteiger partial charge in [-0.1, -0.05) is 84.9 Å². The number of hydrogen-bond donors (Lipinski definition) is 0. The molecule has 0 heterocycles. The summed E-state index contributed by atoms with van der Waals surface area (Å²) in [4.78, 5) is 0. The number of fused-ring (bicyclic) bond motifs is 5. The number of hydrogen-bond acceptors (Lipinski definition) is 0. The molecule has 0 atom stereocenters. The Morgan fingerprint density at radius 3 is 1.14 bits per heavy atom. The smallest absolute Gasteiger partial charge is 0.00264 e. The largest absolute Gasteiger partial charge is 0.0616 e. The first-order chi connectivity index (χ1) is 10.9. The van der Waals surface area contributed by atoms with Crippen LogP contribution in [0.15, 0.2) is 84.9 Å². The van der Waals surface area contributed by atoms with Crippen LogP contribution in [0, 0.1) is 0 Å². The van der Waals surface area contributed by atoms with E-state index in [0.717, 1.165) is 0 Å². The minimum Gasteiger partial charge on any atom is -0.0616 e. The molecule has 0 heteroatoms. The molecule has 0 fully saturated rings. The van der Waals surface area contributed by atoms with E-state index in [0.29, 0.717) is 0 Å². The Morgan fingerprint density at radius 1 is 0.318 bits per heavy atom. The summed E-state index contributed by atoms with van der Waals surface area (Å²) in [5, 5.41) is 2.67. The van der Waals surface area contributed by atoms with Crippen molar-refractivity contribution in [1.82, 2.24) is 0 Å². The third kappa shape index (κ3) is 1.47. The Hall–Kier alpha value is -2.86. The highest BCUT2D eigenvalue weighted by Gasteiger charge is 2.19. The van der Waals surface area contributed by atoms with Crippen molar-refractivity contribution >= 4 is 10.8 Å². The molecule has 4 aromatic carbocycles. The van der Waals surface area contributed by atoms with Crippen molar-refractivity contribution in [1.29, 1.82) is 0 Å². The highest BCUT2D eigenvalue weighted by molar-refractivity contribution is 6.13. The number of rotatable bonds is 0. The van der Waals surface area contributed by atoms with E-state index in [2.05, 4.69) is 84.9 Å². The molecular weight excluding hydrogens is 264 g/mol. The Kier molecular flexibility index (Phi) is 2.31. The van der Waals surface area contributed by atoms with Gasteiger partial charge in [0.25, 0.3) is 0 Å². The molecule has 0 aliphatic heterocycles. The van der Waals surface area contributed by atoms with Crippen molar-refractivity contribution in [2.24, 2.45) is 0 Å². The number of benzene rings is 4. The van der Waals surface area contributed by atoms with Crippen molar-refractivity contribution in [3.05, 3.63) is 84.9 Å². The van der Waals surface area contributed by atoms with Gasteiger partial charge in [-0.05, 0) is 44.2 Å². The average molecular weight is 278 g/mol. The molecule has 0 aromatic heterocycles. The van der Waals surface area contributed by atoms with Gasteiger partial charge in [-0.25, -0.2) is 0 Å². The van der Waals surface area contributed by atoms with Gasteiger partial charge in [0, 0.05) is 0 Å². The Bertz CT molecular complexity index is 945. The zero-order valence-electron chi connectivity index (χ0n) is 12.1. The van der Waals surface area contributed by atoms with Crippen LogP contribution in [0.25, 0.3) is 44.2 Å². The zero-order chi connectivity index (χ0) is 14.5. The van der Waals surface area contributed by atoms with E-state index in [1.54, 1.807) is 0 Å². The molecule has 0 radical (unpaired) electrons. The topological polar surface area (TPSA) is 0 Å². The molecule has 0 N–H and O–H groups in total. The van der Waals surface area contributed by atoms with E-state index in [-0.39, 0.29) is 0 Å². The van der Waals surface area contributed by atoms with E-state index in [1.165, 1.54) is 44.2 Å². The maximum absolute atomic E-state index is 2.25. The summed E-state index contributed by atoms with van der Waals surface area (Å²) >= 11 is 0.